The first-order chi connectivity index (χ1) is 8.71. The first kappa shape index (κ1) is 13.3. The summed E-state index contributed by atoms with van der Waals surface area (Å²) >= 11 is 0. The van der Waals surface area contributed by atoms with E-state index in [1.165, 1.54) is 6.92 Å². The quantitative estimate of drug-likeness (QED) is 0.785. The van der Waals surface area contributed by atoms with Gasteiger partial charge in [0.25, 0.3) is 0 Å². The summed E-state index contributed by atoms with van der Waals surface area (Å²) in [6.07, 6.45) is -4.76. The van der Waals surface area contributed by atoms with Gasteiger partial charge in [-0.3, -0.25) is 5.10 Å². The van der Waals surface area contributed by atoms with Crippen LogP contribution in [0.15, 0.2) is 12.1 Å². The first-order valence-corrected chi connectivity index (χ1v) is 5.02. The molecule has 2 N–H and O–H groups in total. The molecule has 102 valence electrons. The lowest BCUT2D eigenvalue weighted by molar-refractivity contribution is -0.140. The van der Waals surface area contributed by atoms with E-state index in [1.807, 2.05) is 0 Å². The van der Waals surface area contributed by atoms with Gasteiger partial charge in [0.1, 0.15) is 0 Å². The molecule has 2 aromatic rings. The molecule has 0 atom stereocenters. The van der Waals surface area contributed by atoms with Gasteiger partial charge in [0.15, 0.2) is 23.1 Å². The molecular formula is C11H7F5N2O. The van der Waals surface area contributed by atoms with Gasteiger partial charge in [-0.05, 0) is 24.6 Å². The number of benzene rings is 1. The van der Waals surface area contributed by atoms with Crippen molar-refractivity contribution in [2.45, 2.75) is 13.1 Å². The number of phenols is 1. The highest BCUT2D eigenvalue weighted by molar-refractivity contribution is 5.70. The zero-order valence-electron chi connectivity index (χ0n) is 9.44. The molecule has 0 saturated carbocycles. The van der Waals surface area contributed by atoms with Crippen LogP contribution in [0.5, 0.6) is 5.75 Å². The van der Waals surface area contributed by atoms with Crippen molar-refractivity contribution in [2.75, 3.05) is 0 Å². The minimum atomic E-state index is -4.76. The van der Waals surface area contributed by atoms with Crippen LogP contribution in [-0.2, 0) is 6.18 Å². The van der Waals surface area contributed by atoms with Crippen LogP contribution in [0, 0.1) is 18.6 Å². The molecule has 19 heavy (non-hydrogen) atoms. The molecule has 0 bridgehead atoms. The summed E-state index contributed by atoms with van der Waals surface area (Å²) in [4.78, 5) is 0. The highest BCUT2D eigenvalue weighted by Gasteiger charge is 2.38. The first-order valence-electron chi connectivity index (χ1n) is 5.02. The van der Waals surface area contributed by atoms with Crippen molar-refractivity contribution in [3.8, 4) is 16.9 Å². The van der Waals surface area contributed by atoms with E-state index in [0.717, 1.165) is 0 Å². The Kier molecular flexibility index (Phi) is 2.95. The number of rotatable bonds is 1. The number of aromatic nitrogens is 2. The average Bonchev–Trinajstić information content (AvgIpc) is 2.67. The van der Waals surface area contributed by atoms with E-state index in [0.29, 0.717) is 12.1 Å². The molecule has 8 heteroatoms. The fourth-order valence-electron chi connectivity index (χ4n) is 1.70. The van der Waals surface area contributed by atoms with E-state index in [-0.39, 0.29) is 11.3 Å². The molecule has 1 aromatic carbocycles. The van der Waals surface area contributed by atoms with Gasteiger partial charge < -0.3 is 5.11 Å². The molecule has 0 aliphatic carbocycles. The normalized spacial score (nSPS) is 11.9. The third-order valence-electron chi connectivity index (χ3n) is 2.52. The van der Waals surface area contributed by atoms with E-state index in [2.05, 4.69) is 10.2 Å². The second-order valence-corrected chi connectivity index (χ2v) is 3.86. The number of hydrogen-bond acceptors (Lipinski definition) is 2. The lowest BCUT2D eigenvalue weighted by Crippen LogP contribution is -2.07. The van der Waals surface area contributed by atoms with E-state index in [4.69, 9.17) is 5.11 Å². The molecule has 0 amide bonds. The minimum absolute atomic E-state index is 0.0109. The fourth-order valence-corrected chi connectivity index (χ4v) is 1.70. The van der Waals surface area contributed by atoms with Gasteiger partial charge in [-0.25, -0.2) is 8.78 Å². The summed E-state index contributed by atoms with van der Waals surface area (Å²) in [5, 5.41) is 14.1. The molecule has 0 unspecified atom stereocenters. The summed E-state index contributed by atoms with van der Waals surface area (Å²) in [6, 6.07) is 1.23. The lowest BCUT2D eigenvalue weighted by atomic mass is 10.0. The number of aromatic hydroxyl groups is 1. The van der Waals surface area contributed by atoms with E-state index in [1.54, 1.807) is 0 Å². The highest BCUT2D eigenvalue weighted by atomic mass is 19.4. The maximum Gasteiger partial charge on any atom is 0.435 e. The van der Waals surface area contributed by atoms with E-state index < -0.39 is 34.8 Å². The second kappa shape index (κ2) is 4.22. The Morgan fingerprint density at radius 2 is 1.68 bits per heavy atom. The van der Waals surface area contributed by atoms with Crippen LogP contribution in [0.1, 0.15) is 11.4 Å². The number of aromatic amines is 1. The molecule has 0 aliphatic heterocycles. The van der Waals surface area contributed by atoms with Gasteiger partial charge >= 0.3 is 6.18 Å². The van der Waals surface area contributed by atoms with Crippen molar-refractivity contribution in [1.29, 1.82) is 0 Å². The molecular weight excluding hydrogens is 271 g/mol. The minimum Gasteiger partial charge on any atom is -0.503 e. The van der Waals surface area contributed by atoms with Crippen LogP contribution in [-0.4, -0.2) is 15.3 Å². The number of nitrogens with zero attached hydrogens (tertiary/aromatic N) is 1. The number of halogens is 5. The molecule has 0 aliphatic rings. The van der Waals surface area contributed by atoms with Crippen molar-refractivity contribution in [3.05, 3.63) is 35.2 Å². The summed E-state index contributed by atoms with van der Waals surface area (Å²) < 4.78 is 64.5. The summed E-state index contributed by atoms with van der Waals surface area (Å²) in [5.41, 5.74) is -2.07. The number of alkyl halides is 3. The molecule has 0 spiro atoms. The van der Waals surface area contributed by atoms with E-state index >= 15 is 0 Å². The van der Waals surface area contributed by atoms with Crippen LogP contribution in [0.3, 0.4) is 0 Å². The Hall–Kier alpha value is -2.12. The average molecular weight is 278 g/mol. The van der Waals surface area contributed by atoms with Gasteiger partial charge in [-0.2, -0.15) is 18.3 Å². The molecule has 3 nitrogen and oxygen atoms in total. The molecule has 1 aromatic heterocycles. The van der Waals surface area contributed by atoms with Crippen molar-refractivity contribution >= 4 is 0 Å². The predicted octanol–water partition coefficient (Wildman–Crippen LogP) is 3.39. The highest BCUT2D eigenvalue weighted by Crippen LogP contribution is 2.38. The number of aryl methyl sites for hydroxylation is 1. The third kappa shape index (κ3) is 2.25. The van der Waals surface area contributed by atoms with Crippen molar-refractivity contribution in [3.63, 3.8) is 0 Å². The summed E-state index contributed by atoms with van der Waals surface area (Å²) in [6.45, 7) is 1.29. The largest absolute Gasteiger partial charge is 0.503 e. The van der Waals surface area contributed by atoms with Crippen LogP contribution in [0.2, 0.25) is 0 Å². The van der Waals surface area contributed by atoms with Crippen molar-refractivity contribution in [2.24, 2.45) is 0 Å². The van der Waals surface area contributed by atoms with Crippen LogP contribution in [0.4, 0.5) is 22.0 Å². The van der Waals surface area contributed by atoms with Crippen LogP contribution >= 0.6 is 0 Å². The van der Waals surface area contributed by atoms with Gasteiger partial charge in [-0.15, -0.1) is 0 Å². The fraction of sp³-hybridized carbons (Fsp3) is 0.182. The second-order valence-electron chi connectivity index (χ2n) is 3.86. The monoisotopic (exact) mass is 278 g/mol. The third-order valence-corrected chi connectivity index (χ3v) is 2.52. The Labute approximate surface area is 103 Å². The number of hydrogen-bond donors (Lipinski definition) is 2. The summed E-state index contributed by atoms with van der Waals surface area (Å²) in [7, 11) is 0. The SMILES string of the molecule is Cc1[nH]nc(C(F)(F)F)c1-c1cc(F)c(O)c(F)c1. The van der Waals surface area contributed by atoms with Crippen molar-refractivity contribution < 1.29 is 27.1 Å². The topological polar surface area (TPSA) is 48.9 Å². The number of phenolic OH excluding ortho intramolecular Hbond substituents is 1. The van der Waals surface area contributed by atoms with Gasteiger partial charge in [0.05, 0.1) is 0 Å². The standard InChI is InChI=1S/C11H7F5N2O/c1-4-8(10(18-17-4)11(14,15)16)5-2-6(12)9(19)7(13)3-5/h2-3,19H,1H3,(H,17,18). The van der Waals surface area contributed by atoms with E-state index in [9.17, 15) is 22.0 Å². The summed E-state index contributed by atoms with van der Waals surface area (Å²) in [5.74, 6) is -3.93. The Morgan fingerprint density at radius 1 is 1.16 bits per heavy atom. The maximum absolute atomic E-state index is 13.2. The Morgan fingerprint density at radius 3 is 2.16 bits per heavy atom. The van der Waals surface area contributed by atoms with Crippen LogP contribution < -0.4 is 0 Å². The smallest absolute Gasteiger partial charge is 0.435 e. The van der Waals surface area contributed by atoms with Gasteiger partial charge in [0.2, 0.25) is 0 Å². The van der Waals surface area contributed by atoms with Crippen molar-refractivity contribution in [1.82, 2.24) is 10.2 Å². The molecule has 0 saturated heterocycles. The number of nitrogens with one attached hydrogen (secondary N) is 1. The Bertz CT molecular complexity index is 609. The molecule has 1 heterocycles. The molecule has 2 rings (SSSR count). The van der Waals surface area contributed by atoms with Crippen LogP contribution in [0.25, 0.3) is 11.1 Å². The lowest BCUT2D eigenvalue weighted by Gasteiger charge is -2.08. The predicted molar refractivity (Wildman–Crippen MR) is 55.3 cm³/mol. The van der Waals surface area contributed by atoms with Gasteiger partial charge in [-0.1, -0.05) is 0 Å². The molecule has 0 fully saturated rings. The van der Waals surface area contributed by atoms with Gasteiger partial charge in [0, 0.05) is 11.3 Å². The zero-order valence-corrected chi connectivity index (χ0v) is 9.44. The number of H-pyrrole nitrogens is 1. The Balaban J connectivity index is 2.69. The molecule has 0 radical (unpaired) electrons. The maximum atomic E-state index is 13.2. The zero-order chi connectivity index (χ0) is 14.4.